The molecule has 1 aromatic heterocycles. The van der Waals surface area contributed by atoms with Crippen molar-refractivity contribution in [2.45, 2.75) is 13.8 Å². The standard InChI is InChI=1S/C8H10N2O2/c1-5(10-12)7-3-4-9-6(2)8(7)11/h3-4,11-12H,1-2H3. The fraction of sp³-hybridized carbons (Fsp3) is 0.250. The van der Waals surface area contributed by atoms with Crippen LogP contribution in [0.1, 0.15) is 18.2 Å². The molecule has 2 N–H and O–H groups in total. The number of pyridine rings is 1. The maximum atomic E-state index is 9.44. The summed E-state index contributed by atoms with van der Waals surface area (Å²) in [5, 5.41) is 20.9. The van der Waals surface area contributed by atoms with Crippen LogP contribution in [0.4, 0.5) is 0 Å². The summed E-state index contributed by atoms with van der Waals surface area (Å²) >= 11 is 0. The Morgan fingerprint density at radius 1 is 1.58 bits per heavy atom. The number of hydrogen-bond acceptors (Lipinski definition) is 4. The third-order valence-corrected chi connectivity index (χ3v) is 1.65. The molecule has 0 saturated carbocycles. The topological polar surface area (TPSA) is 65.7 Å². The van der Waals surface area contributed by atoms with Gasteiger partial charge in [0.25, 0.3) is 0 Å². The largest absolute Gasteiger partial charge is 0.505 e. The molecule has 0 bridgehead atoms. The molecule has 12 heavy (non-hydrogen) atoms. The second-order valence-corrected chi connectivity index (χ2v) is 2.48. The van der Waals surface area contributed by atoms with Gasteiger partial charge in [0.2, 0.25) is 0 Å². The Bertz CT molecular complexity index is 321. The highest BCUT2D eigenvalue weighted by Gasteiger charge is 2.06. The molecular formula is C8H10N2O2. The Hall–Kier alpha value is -1.58. The van der Waals surface area contributed by atoms with Gasteiger partial charge in [-0.15, -0.1) is 0 Å². The Balaban J connectivity index is 3.26. The monoisotopic (exact) mass is 166 g/mol. The molecule has 0 unspecified atom stereocenters. The fourth-order valence-electron chi connectivity index (χ4n) is 0.904. The van der Waals surface area contributed by atoms with Crippen molar-refractivity contribution < 1.29 is 10.3 Å². The first-order chi connectivity index (χ1) is 5.66. The molecule has 0 saturated heterocycles. The molecule has 1 aromatic rings. The number of aromatic nitrogens is 1. The van der Waals surface area contributed by atoms with Crippen molar-refractivity contribution in [3.05, 3.63) is 23.5 Å². The summed E-state index contributed by atoms with van der Waals surface area (Å²) in [6.07, 6.45) is 1.55. The van der Waals surface area contributed by atoms with Crippen LogP contribution in [-0.2, 0) is 0 Å². The Morgan fingerprint density at radius 3 is 2.83 bits per heavy atom. The predicted octanol–water partition coefficient (Wildman–Crippen LogP) is 1.29. The van der Waals surface area contributed by atoms with Gasteiger partial charge < -0.3 is 10.3 Å². The lowest BCUT2D eigenvalue weighted by atomic mass is 10.1. The summed E-state index contributed by atoms with van der Waals surface area (Å²) in [5.41, 5.74) is 1.40. The molecule has 0 atom stereocenters. The first-order valence-corrected chi connectivity index (χ1v) is 3.50. The molecule has 0 radical (unpaired) electrons. The van der Waals surface area contributed by atoms with E-state index >= 15 is 0 Å². The van der Waals surface area contributed by atoms with Crippen molar-refractivity contribution in [2.24, 2.45) is 5.16 Å². The molecule has 0 aliphatic carbocycles. The quantitative estimate of drug-likeness (QED) is 0.375. The average molecular weight is 166 g/mol. The Morgan fingerprint density at radius 2 is 2.25 bits per heavy atom. The van der Waals surface area contributed by atoms with E-state index in [1.165, 1.54) is 0 Å². The second-order valence-electron chi connectivity index (χ2n) is 2.48. The zero-order valence-electron chi connectivity index (χ0n) is 6.94. The SMILES string of the molecule is CC(=NO)c1ccnc(C)c1O. The van der Waals surface area contributed by atoms with Gasteiger partial charge in [0.15, 0.2) is 0 Å². The summed E-state index contributed by atoms with van der Waals surface area (Å²) in [6, 6.07) is 1.59. The molecule has 0 fully saturated rings. The molecule has 1 heterocycles. The molecule has 0 aliphatic heterocycles. The van der Waals surface area contributed by atoms with Crippen LogP contribution < -0.4 is 0 Å². The van der Waals surface area contributed by atoms with Crippen LogP contribution in [0.2, 0.25) is 0 Å². The van der Waals surface area contributed by atoms with Crippen molar-refractivity contribution >= 4 is 5.71 Å². The number of aryl methyl sites for hydroxylation is 1. The van der Waals surface area contributed by atoms with Crippen LogP contribution in [0.25, 0.3) is 0 Å². The summed E-state index contributed by atoms with van der Waals surface area (Å²) in [6.45, 7) is 3.29. The van der Waals surface area contributed by atoms with Gasteiger partial charge in [-0.2, -0.15) is 0 Å². The minimum absolute atomic E-state index is 0.0628. The summed E-state index contributed by atoms with van der Waals surface area (Å²) < 4.78 is 0. The van der Waals surface area contributed by atoms with Gasteiger partial charge in [0.05, 0.1) is 11.4 Å². The number of oxime groups is 1. The lowest BCUT2D eigenvalue weighted by molar-refractivity contribution is 0.318. The van der Waals surface area contributed by atoms with Gasteiger partial charge in [-0.1, -0.05) is 5.16 Å². The molecule has 4 heteroatoms. The van der Waals surface area contributed by atoms with E-state index in [9.17, 15) is 5.11 Å². The fourth-order valence-corrected chi connectivity index (χ4v) is 0.904. The van der Waals surface area contributed by atoms with Crippen LogP contribution in [0.5, 0.6) is 5.75 Å². The van der Waals surface area contributed by atoms with E-state index in [1.54, 1.807) is 26.1 Å². The first-order valence-electron chi connectivity index (χ1n) is 3.50. The number of hydrogen-bond donors (Lipinski definition) is 2. The maximum absolute atomic E-state index is 9.44. The summed E-state index contributed by atoms with van der Waals surface area (Å²) in [7, 11) is 0. The Labute approximate surface area is 70.2 Å². The van der Waals surface area contributed by atoms with E-state index in [0.717, 1.165) is 0 Å². The lowest BCUT2D eigenvalue weighted by Crippen LogP contribution is -1.97. The highest BCUT2D eigenvalue weighted by molar-refractivity contribution is 6.00. The zero-order chi connectivity index (χ0) is 9.14. The maximum Gasteiger partial charge on any atom is 0.145 e. The van der Waals surface area contributed by atoms with E-state index in [0.29, 0.717) is 17.0 Å². The van der Waals surface area contributed by atoms with Gasteiger partial charge in [0, 0.05) is 11.8 Å². The summed E-state index contributed by atoms with van der Waals surface area (Å²) in [4.78, 5) is 3.87. The molecule has 1 rings (SSSR count). The molecule has 0 spiro atoms. The van der Waals surface area contributed by atoms with E-state index < -0.39 is 0 Å². The Kier molecular flexibility index (Phi) is 2.28. The van der Waals surface area contributed by atoms with Crippen LogP contribution in [0.3, 0.4) is 0 Å². The van der Waals surface area contributed by atoms with Gasteiger partial charge in [-0.3, -0.25) is 4.98 Å². The van der Waals surface area contributed by atoms with E-state index in [-0.39, 0.29) is 5.75 Å². The molecule has 0 aliphatic rings. The third-order valence-electron chi connectivity index (χ3n) is 1.65. The predicted molar refractivity (Wildman–Crippen MR) is 44.6 cm³/mol. The van der Waals surface area contributed by atoms with Gasteiger partial charge in [0.1, 0.15) is 5.75 Å². The zero-order valence-corrected chi connectivity index (χ0v) is 6.94. The highest BCUT2D eigenvalue weighted by Crippen LogP contribution is 2.19. The molecule has 0 amide bonds. The van der Waals surface area contributed by atoms with Crippen LogP contribution in [0, 0.1) is 6.92 Å². The normalized spacial score (nSPS) is 11.7. The molecule has 0 aromatic carbocycles. The smallest absolute Gasteiger partial charge is 0.145 e. The molecule has 64 valence electrons. The average Bonchev–Trinajstić information content (AvgIpc) is 2.08. The third kappa shape index (κ3) is 1.37. The minimum Gasteiger partial charge on any atom is -0.505 e. The van der Waals surface area contributed by atoms with E-state index in [1.807, 2.05) is 0 Å². The van der Waals surface area contributed by atoms with Crippen molar-refractivity contribution in [1.29, 1.82) is 0 Å². The van der Waals surface area contributed by atoms with Crippen LogP contribution >= 0.6 is 0 Å². The van der Waals surface area contributed by atoms with Crippen molar-refractivity contribution in [3.63, 3.8) is 0 Å². The van der Waals surface area contributed by atoms with Gasteiger partial charge in [-0.05, 0) is 19.9 Å². The van der Waals surface area contributed by atoms with Crippen molar-refractivity contribution in [1.82, 2.24) is 4.98 Å². The van der Waals surface area contributed by atoms with Crippen molar-refractivity contribution in [3.8, 4) is 5.75 Å². The highest BCUT2D eigenvalue weighted by atomic mass is 16.4. The van der Waals surface area contributed by atoms with Crippen molar-refractivity contribution in [2.75, 3.05) is 0 Å². The van der Waals surface area contributed by atoms with Crippen LogP contribution in [-0.4, -0.2) is 21.0 Å². The number of rotatable bonds is 1. The lowest BCUT2D eigenvalue weighted by Gasteiger charge is -2.03. The minimum atomic E-state index is 0.0628. The number of nitrogens with zero attached hydrogens (tertiary/aromatic N) is 2. The van der Waals surface area contributed by atoms with E-state index in [4.69, 9.17) is 5.21 Å². The number of aromatic hydroxyl groups is 1. The first kappa shape index (κ1) is 8.52. The molecule has 4 nitrogen and oxygen atoms in total. The van der Waals surface area contributed by atoms with Crippen LogP contribution in [0.15, 0.2) is 17.4 Å². The second kappa shape index (κ2) is 3.21. The van der Waals surface area contributed by atoms with Gasteiger partial charge >= 0.3 is 0 Å². The summed E-state index contributed by atoms with van der Waals surface area (Å²) in [5.74, 6) is 0.0628. The van der Waals surface area contributed by atoms with Gasteiger partial charge in [-0.25, -0.2) is 0 Å². The molecular weight excluding hydrogens is 156 g/mol. The van der Waals surface area contributed by atoms with E-state index in [2.05, 4.69) is 10.1 Å².